The van der Waals surface area contributed by atoms with Crippen molar-refractivity contribution in [3.63, 3.8) is 0 Å². The predicted octanol–water partition coefficient (Wildman–Crippen LogP) is 2.69. The van der Waals surface area contributed by atoms with Gasteiger partial charge >= 0.3 is 0 Å². The number of para-hydroxylation sites is 1. The molecule has 1 heterocycles. The van der Waals surface area contributed by atoms with Crippen LogP contribution in [0.25, 0.3) is 0 Å². The molecular formula is C20H22F2N2O4S. The maximum Gasteiger partial charge on any atom is 0.243 e. The summed E-state index contributed by atoms with van der Waals surface area (Å²) < 4.78 is 60.0. The van der Waals surface area contributed by atoms with E-state index in [4.69, 9.17) is 10.5 Å². The van der Waals surface area contributed by atoms with Gasteiger partial charge in [-0.25, -0.2) is 17.2 Å². The minimum atomic E-state index is -4.15. The van der Waals surface area contributed by atoms with E-state index in [0.29, 0.717) is 24.7 Å². The van der Waals surface area contributed by atoms with E-state index >= 15 is 0 Å². The number of nitrogens with zero attached hydrogens (tertiary/aromatic N) is 1. The van der Waals surface area contributed by atoms with Crippen LogP contribution in [0.2, 0.25) is 0 Å². The van der Waals surface area contributed by atoms with Crippen molar-refractivity contribution in [3.8, 4) is 5.75 Å². The topological polar surface area (TPSA) is 89.7 Å². The first-order valence-electron chi connectivity index (χ1n) is 9.13. The normalized spacial score (nSPS) is 20.3. The van der Waals surface area contributed by atoms with Crippen molar-refractivity contribution in [2.75, 3.05) is 19.7 Å². The molecule has 3 rings (SSSR count). The number of primary amides is 1. The Hall–Kier alpha value is -2.52. The third-order valence-electron chi connectivity index (χ3n) is 4.94. The first kappa shape index (κ1) is 21.2. The Bertz CT molecular complexity index is 965. The summed E-state index contributed by atoms with van der Waals surface area (Å²) in [6, 6.07) is 11.1. The van der Waals surface area contributed by atoms with Gasteiger partial charge in [0.1, 0.15) is 17.4 Å². The Balaban J connectivity index is 1.86. The number of halogens is 2. The molecule has 156 valence electrons. The molecule has 1 aliphatic rings. The lowest BCUT2D eigenvalue weighted by Gasteiger charge is -2.41. The summed E-state index contributed by atoms with van der Waals surface area (Å²) in [7, 11) is -4.15. The highest BCUT2D eigenvalue weighted by Crippen LogP contribution is 2.36. The summed E-state index contributed by atoms with van der Waals surface area (Å²) in [4.78, 5) is 11.2. The zero-order chi connectivity index (χ0) is 21.1. The van der Waals surface area contributed by atoms with Gasteiger partial charge in [0.05, 0.1) is 11.5 Å². The van der Waals surface area contributed by atoms with Crippen molar-refractivity contribution in [2.24, 2.45) is 11.1 Å². The number of amides is 1. The van der Waals surface area contributed by atoms with Crippen molar-refractivity contribution in [2.45, 2.75) is 24.2 Å². The first-order chi connectivity index (χ1) is 13.7. The molecule has 1 aliphatic heterocycles. The van der Waals surface area contributed by atoms with E-state index in [1.807, 2.05) is 6.07 Å². The van der Waals surface area contributed by atoms with E-state index in [-0.39, 0.29) is 26.1 Å². The molecule has 0 saturated carbocycles. The van der Waals surface area contributed by atoms with Crippen LogP contribution in [-0.4, -0.2) is 38.3 Å². The van der Waals surface area contributed by atoms with Crippen LogP contribution in [0.15, 0.2) is 53.4 Å². The van der Waals surface area contributed by atoms with Crippen molar-refractivity contribution < 1.29 is 26.7 Å². The second-order valence-electron chi connectivity index (χ2n) is 7.29. The average molecular weight is 424 g/mol. The van der Waals surface area contributed by atoms with E-state index in [1.54, 1.807) is 24.3 Å². The molecule has 2 aromatic rings. The molecular weight excluding hydrogens is 402 g/mol. The van der Waals surface area contributed by atoms with Gasteiger partial charge in [-0.15, -0.1) is 0 Å². The van der Waals surface area contributed by atoms with Gasteiger partial charge < -0.3 is 10.5 Å². The molecule has 9 heteroatoms. The Morgan fingerprint density at radius 3 is 2.41 bits per heavy atom. The number of hydrogen-bond acceptors (Lipinski definition) is 4. The summed E-state index contributed by atoms with van der Waals surface area (Å²) >= 11 is 0. The maximum absolute atomic E-state index is 13.6. The van der Waals surface area contributed by atoms with Gasteiger partial charge in [0.2, 0.25) is 15.9 Å². The number of carbonyl (C=O) groups excluding carboxylic acids is 1. The minimum Gasteiger partial charge on any atom is -0.493 e. The fraction of sp³-hybridized carbons (Fsp3) is 0.350. The number of ether oxygens (including phenoxy) is 1. The van der Waals surface area contributed by atoms with E-state index in [1.165, 1.54) is 0 Å². The molecule has 0 bridgehead atoms. The lowest BCUT2D eigenvalue weighted by Crippen LogP contribution is -2.50. The van der Waals surface area contributed by atoms with Crippen molar-refractivity contribution in [3.05, 3.63) is 60.2 Å². The Kier molecular flexibility index (Phi) is 6.18. The molecule has 1 fully saturated rings. The molecule has 29 heavy (non-hydrogen) atoms. The van der Waals surface area contributed by atoms with Crippen LogP contribution in [-0.2, 0) is 14.8 Å². The van der Waals surface area contributed by atoms with Gasteiger partial charge in [0, 0.05) is 31.0 Å². The van der Waals surface area contributed by atoms with Gasteiger partial charge in [-0.2, -0.15) is 4.31 Å². The van der Waals surface area contributed by atoms with Crippen LogP contribution in [0, 0.1) is 17.0 Å². The highest BCUT2D eigenvalue weighted by molar-refractivity contribution is 7.89. The van der Waals surface area contributed by atoms with Crippen LogP contribution in [0.3, 0.4) is 0 Å². The largest absolute Gasteiger partial charge is 0.493 e. The number of benzene rings is 2. The molecule has 2 aromatic carbocycles. The van der Waals surface area contributed by atoms with Crippen molar-refractivity contribution in [1.82, 2.24) is 4.31 Å². The molecule has 2 N–H and O–H groups in total. The Morgan fingerprint density at radius 2 is 1.79 bits per heavy atom. The van der Waals surface area contributed by atoms with Crippen LogP contribution >= 0.6 is 0 Å². The molecule has 0 unspecified atom stereocenters. The second kappa shape index (κ2) is 8.46. The maximum atomic E-state index is 13.6. The van der Waals surface area contributed by atoms with Crippen LogP contribution in [0.5, 0.6) is 5.75 Å². The van der Waals surface area contributed by atoms with Gasteiger partial charge in [-0.05, 0) is 37.1 Å². The summed E-state index contributed by atoms with van der Waals surface area (Å²) in [6.45, 7) is 0.221. The van der Waals surface area contributed by atoms with Gasteiger partial charge in [-0.1, -0.05) is 18.2 Å². The minimum absolute atomic E-state index is 0.0385. The van der Waals surface area contributed by atoms with Gasteiger partial charge in [0.25, 0.3) is 0 Å². The molecule has 1 atom stereocenters. The summed E-state index contributed by atoms with van der Waals surface area (Å²) in [5.41, 5.74) is 4.59. The first-order valence-corrected chi connectivity index (χ1v) is 10.6. The van der Waals surface area contributed by atoms with E-state index in [9.17, 15) is 22.0 Å². The smallest absolute Gasteiger partial charge is 0.243 e. The van der Waals surface area contributed by atoms with E-state index in [0.717, 1.165) is 16.4 Å². The quantitative estimate of drug-likeness (QED) is 0.740. The van der Waals surface area contributed by atoms with Crippen LogP contribution < -0.4 is 10.5 Å². The number of hydrogen-bond donors (Lipinski definition) is 1. The second-order valence-corrected chi connectivity index (χ2v) is 9.23. The van der Waals surface area contributed by atoms with Gasteiger partial charge in [0.15, 0.2) is 0 Å². The van der Waals surface area contributed by atoms with E-state index in [2.05, 4.69) is 0 Å². The predicted molar refractivity (Wildman–Crippen MR) is 103 cm³/mol. The van der Waals surface area contributed by atoms with E-state index < -0.39 is 37.9 Å². The molecule has 1 amide bonds. The molecule has 0 aromatic heterocycles. The fourth-order valence-corrected chi connectivity index (χ4v) is 5.26. The molecule has 0 radical (unpaired) electrons. The number of sulfonamides is 1. The van der Waals surface area contributed by atoms with Crippen molar-refractivity contribution >= 4 is 15.9 Å². The zero-order valence-electron chi connectivity index (χ0n) is 15.7. The Morgan fingerprint density at radius 1 is 1.14 bits per heavy atom. The average Bonchev–Trinajstić information content (AvgIpc) is 2.66. The molecule has 0 spiro atoms. The summed E-state index contributed by atoms with van der Waals surface area (Å²) in [5.74, 6) is -1.94. The fourth-order valence-electron chi connectivity index (χ4n) is 3.63. The Labute approximate surface area is 168 Å². The number of rotatable bonds is 7. The number of piperidine rings is 1. The number of carbonyl (C=O) groups is 1. The summed E-state index contributed by atoms with van der Waals surface area (Å²) in [6.07, 6.45) is 0.929. The lowest BCUT2D eigenvalue weighted by atomic mass is 9.78. The van der Waals surface area contributed by atoms with Crippen LogP contribution in [0.4, 0.5) is 8.78 Å². The lowest BCUT2D eigenvalue weighted by molar-refractivity contribution is -0.121. The van der Waals surface area contributed by atoms with Crippen molar-refractivity contribution in [1.29, 1.82) is 0 Å². The monoisotopic (exact) mass is 424 g/mol. The van der Waals surface area contributed by atoms with Gasteiger partial charge in [-0.3, -0.25) is 4.79 Å². The highest BCUT2D eigenvalue weighted by Gasteiger charge is 2.42. The molecule has 0 aliphatic carbocycles. The molecule has 1 saturated heterocycles. The number of nitrogens with two attached hydrogens (primary N) is 1. The van der Waals surface area contributed by atoms with Crippen LogP contribution in [0.1, 0.15) is 19.3 Å². The third kappa shape index (κ3) is 5.10. The molecule has 6 nitrogen and oxygen atoms in total. The zero-order valence-corrected chi connectivity index (χ0v) is 16.5. The summed E-state index contributed by atoms with van der Waals surface area (Å²) in [5, 5.41) is 0. The standard InChI is InChI=1S/C20H22F2N2O4S/c21-15-9-16(22)11-18(10-15)29(26,27)24-8-4-7-20(13-24,12-19(23)25)14-28-17-5-2-1-3-6-17/h1-3,5-6,9-11H,4,7-8,12-14H2,(H2,23,25)/t20-/m1/s1. The SMILES string of the molecule is NC(=O)C[C@]1(COc2ccccc2)CCCN(S(=O)(=O)c2cc(F)cc(F)c2)C1. The third-order valence-corrected chi connectivity index (χ3v) is 6.76. The highest BCUT2D eigenvalue weighted by atomic mass is 32.2.